The smallest absolute Gasteiger partial charge is 0.343 e. The highest BCUT2D eigenvalue weighted by atomic mass is 17.0. The minimum Gasteiger partial charge on any atom is -0.419 e. The molecule has 1 atom stereocenters. The Bertz CT molecular complexity index is 1900. The van der Waals surface area contributed by atoms with Gasteiger partial charge in [0.1, 0.15) is 19.8 Å². The summed E-state index contributed by atoms with van der Waals surface area (Å²) in [7, 11) is 0. The van der Waals surface area contributed by atoms with Gasteiger partial charge in [-0.05, 0) is 84.1 Å². The summed E-state index contributed by atoms with van der Waals surface area (Å²) in [5, 5.41) is 31.4. The van der Waals surface area contributed by atoms with Crippen LogP contribution in [-0.2, 0) is 40.8 Å². The van der Waals surface area contributed by atoms with Crippen LogP contribution in [0.15, 0.2) is 91.0 Å². The fraction of sp³-hybridized carbons (Fsp3) is 0.182. The molecule has 0 aromatic heterocycles. The average molecular weight is 705 g/mol. The van der Waals surface area contributed by atoms with Gasteiger partial charge in [0, 0.05) is 11.6 Å². The van der Waals surface area contributed by atoms with E-state index in [1.54, 1.807) is 13.0 Å². The number of esters is 2. The lowest BCUT2D eigenvalue weighted by Crippen LogP contribution is -2.34. The van der Waals surface area contributed by atoms with Crippen LogP contribution in [0.3, 0.4) is 0 Å². The third-order valence-corrected chi connectivity index (χ3v) is 6.94. The molecular weight excluding hydrogens is 676 g/mol. The summed E-state index contributed by atoms with van der Waals surface area (Å²) in [5.41, 5.74) is 2.40. The number of nitrogens with zero attached hydrogens (tertiary/aromatic N) is 3. The Kier molecular flexibility index (Phi) is 12.5. The van der Waals surface area contributed by atoms with Crippen LogP contribution < -0.4 is 14.8 Å². The largest absolute Gasteiger partial charge is 0.419 e. The van der Waals surface area contributed by atoms with E-state index in [4.69, 9.17) is 9.47 Å². The van der Waals surface area contributed by atoms with Gasteiger partial charge in [-0.1, -0.05) is 42.5 Å². The van der Waals surface area contributed by atoms with Gasteiger partial charge >= 0.3 is 11.9 Å². The first-order valence-electron chi connectivity index (χ1n) is 14.8. The van der Waals surface area contributed by atoms with Crippen LogP contribution in [0, 0.1) is 30.3 Å². The van der Waals surface area contributed by atoms with Crippen molar-refractivity contribution in [2.75, 3.05) is 0 Å². The van der Waals surface area contributed by atoms with Crippen LogP contribution >= 0.6 is 0 Å². The second-order valence-corrected chi connectivity index (χ2v) is 10.7. The zero-order valence-electron chi connectivity index (χ0n) is 26.6. The number of carbonyl (C=O) groups is 3. The molecule has 0 radical (unpaired) electrons. The van der Waals surface area contributed by atoms with Crippen LogP contribution in [0.1, 0.15) is 60.3 Å². The number of nitrogens with one attached hydrogen (secondary N) is 1. The number of amides is 1. The molecule has 0 bridgehead atoms. The highest BCUT2D eigenvalue weighted by Crippen LogP contribution is 2.31. The highest BCUT2D eigenvalue weighted by molar-refractivity contribution is 5.94. The summed E-state index contributed by atoms with van der Waals surface area (Å²) < 4.78 is 11.2. The summed E-state index contributed by atoms with van der Waals surface area (Å²) in [5.74, 6) is -2.33. The first-order chi connectivity index (χ1) is 24.4. The molecule has 0 spiro atoms. The van der Waals surface area contributed by atoms with Gasteiger partial charge in [0.25, 0.3) is 21.2 Å². The van der Waals surface area contributed by atoms with E-state index in [9.17, 15) is 44.7 Å². The van der Waals surface area contributed by atoms with E-state index in [2.05, 4.69) is 19.8 Å². The summed E-state index contributed by atoms with van der Waals surface area (Å²) >= 11 is 0. The molecule has 0 saturated heterocycles. The molecule has 1 amide bonds. The van der Waals surface area contributed by atoms with Gasteiger partial charge in [-0.3, -0.25) is 4.79 Å². The van der Waals surface area contributed by atoms with Crippen LogP contribution in [0.4, 0.5) is 0 Å². The van der Waals surface area contributed by atoms with E-state index in [-0.39, 0.29) is 48.9 Å². The molecule has 18 nitrogen and oxygen atoms in total. The predicted molar refractivity (Wildman–Crippen MR) is 172 cm³/mol. The third-order valence-electron chi connectivity index (χ3n) is 6.94. The van der Waals surface area contributed by atoms with Crippen molar-refractivity contribution in [2.24, 2.45) is 0 Å². The lowest BCUT2D eigenvalue weighted by molar-refractivity contribution is -0.763. The van der Waals surface area contributed by atoms with Gasteiger partial charge in [-0.25, -0.2) is 9.59 Å². The molecule has 264 valence electrons. The standard InChI is InChI=1S/C33H28N4O14/c1-21(34-31(38)26-9-2-22(3-10-26)18-47-35(41)42)16-25-8-15-29(50-32(39)27-11-4-23(5-12-27)19-48-36(43)44)30(17-25)51-33(40)28-13-6-24(7-14-28)20-49-37(45)46/h2-15,17,21H,16,18-20H2,1H3,(H,34,38). The molecule has 4 aromatic carbocycles. The molecule has 4 aromatic rings. The first kappa shape index (κ1) is 36.7. The Morgan fingerprint density at radius 1 is 0.569 bits per heavy atom. The molecule has 0 saturated carbocycles. The lowest BCUT2D eigenvalue weighted by Gasteiger charge is -2.16. The fourth-order valence-corrected chi connectivity index (χ4v) is 4.48. The molecule has 18 heteroatoms. The summed E-state index contributed by atoms with van der Waals surface area (Å²) in [6, 6.07) is 21.4. The van der Waals surface area contributed by atoms with Crippen molar-refractivity contribution in [2.45, 2.75) is 39.2 Å². The number of carbonyl (C=O) groups excluding carboxylic acids is 3. The Morgan fingerprint density at radius 3 is 1.35 bits per heavy atom. The zero-order valence-corrected chi connectivity index (χ0v) is 26.6. The molecule has 0 aliphatic carbocycles. The topological polar surface area (TPSA) is 239 Å². The van der Waals surface area contributed by atoms with Crippen LogP contribution in [-0.4, -0.2) is 39.1 Å². The van der Waals surface area contributed by atoms with Gasteiger partial charge in [0.15, 0.2) is 11.5 Å². The molecule has 0 fully saturated rings. The van der Waals surface area contributed by atoms with Crippen molar-refractivity contribution < 1.29 is 53.6 Å². The summed E-state index contributed by atoms with van der Waals surface area (Å²) in [4.78, 5) is 83.3. The van der Waals surface area contributed by atoms with Crippen molar-refractivity contribution in [3.8, 4) is 11.5 Å². The number of rotatable bonds is 17. The minimum absolute atomic E-state index is 0.0756. The molecule has 51 heavy (non-hydrogen) atoms. The second kappa shape index (κ2) is 17.3. The number of hydrogen-bond donors (Lipinski definition) is 1. The molecule has 0 aliphatic rings. The second-order valence-electron chi connectivity index (χ2n) is 10.7. The van der Waals surface area contributed by atoms with E-state index in [1.165, 1.54) is 84.9 Å². The Hall–Kier alpha value is -7.11. The molecule has 0 heterocycles. The normalized spacial score (nSPS) is 11.0. The van der Waals surface area contributed by atoms with Crippen molar-refractivity contribution in [3.63, 3.8) is 0 Å². The Morgan fingerprint density at radius 2 is 0.941 bits per heavy atom. The molecule has 1 N–H and O–H groups in total. The van der Waals surface area contributed by atoms with Crippen molar-refractivity contribution >= 4 is 17.8 Å². The van der Waals surface area contributed by atoms with Crippen molar-refractivity contribution in [1.29, 1.82) is 0 Å². The third kappa shape index (κ3) is 11.5. The maximum absolute atomic E-state index is 13.1. The van der Waals surface area contributed by atoms with E-state index in [0.29, 0.717) is 27.8 Å². The minimum atomic E-state index is -0.944. The number of benzene rings is 4. The molecular formula is C33H28N4O14. The van der Waals surface area contributed by atoms with Gasteiger partial charge in [0.05, 0.1) is 11.1 Å². The van der Waals surface area contributed by atoms with Gasteiger partial charge in [0.2, 0.25) is 0 Å². The highest BCUT2D eigenvalue weighted by Gasteiger charge is 2.19. The Labute approximate surface area is 287 Å². The lowest BCUT2D eigenvalue weighted by atomic mass is 10.1. The van der Waals surface area contributed by atoms with Gasteiger partial charge in [-0.2, -0.15) is 0 Å². The Balaban J connectivity index is 1.49. The van der Waals surface area contributed by atoms with Crippen molar-refractivity contribution in [3.05, 3.63) is 160 Å². The number of ether oxygens (including phenoxy) is 2. The van der Waals surface area contributed by atoms with Crippen LogP contribution in [0.5, 0.6) is 11.5 Å². The monoisotopic (exact) mass is 704 g/mol. The maximum atomic E-state index is 13.1. The zero-order chi connectivity index (χ0) is 36.9. The average Bonchev–Trinajstić information content (AvgIpc) is 3.10. The SMILES string of the molecule is CC(Cc1ccc(OC(=O)c2ccc(CO[N+](=O)[O-])cc2)c(OC(=O)c2ccc(CO[N+](=O)[O-])cc2)c1)NC(=O)c1ccc(CO[N+](=O)[O-])cc1. The molecule has 4 rings (SSSR count). The molecule has 0 aliphatic heterocycles. The van der Waals surface area contributed by atoms with Gasteiger partial charge < -0.3 is 29.3 Å². The van der Waals surface area contributed by atoms with Crippen LogP contribution in [0.25, 0.3) is 0 Å². The quantitative estimate of drug-likeness (QED) is 0.0683. The molecule has 1 unspecified atom stereocenters. The van der Waals surface area contributed by atoms with Gasteiger partial charge in [-0.15, -0.1) is 30.3 Å². The number of hydrogen-bond acceptors (Lipinski definition) is 14. The van der Waals surface area contributed by atoms with E-state index < -0.39 is 39.1 Å². The van der Waals surface area contributed by atoms with E-state index in [1.807, 2.05) is 0 Å². The predicted octanol–water partition coefficient (Wildman–Crippen LogP) is 4.61. The van der Waals surface area contributed by atoms with Crippen LogP contribution in [0.2, 0.25) is 0 Å². The maximum Gasteiger partial charge on any atom is 0.343 e. The first-order valence-corrected chi connectivity index (χ1v) is 14.8. The summed E-state index contributed by atoms with van der Waals surface area (Å²) in [6.07, 6.45) is 0.248. The van der Waals surface area contributed by atoms with E-state index >= 15 is 0 Å². The van der Waals surface area contributed by atoms with Crippen molar-refractivity contribution in [1.82, 2.24) is 5.32 Å². The van der Waals surface area contributed by atoms with E-state index in [0.717, 1.165) is 0 Å². The fourth-order valence-electron chi connectivity index (χ4n) is 4.48. The summed E-state index contributed by atoms with van der Waals surface area (Å²) in [6.45, 7) is 0.830.